The monoisotopic (exact) mass is 302 g/mol. The van der Waals surface area contributed by atoms with Gasteiger partial charge in [0.05, 0.1) is 0 Å². The Morgan fingerprint density at radius 2 is 2.25 bits per heavy atom. The van der Waals surface area contributed by atoms with Crippen molar-refractivity contribution in [1.82, 2.24) is 0 Å². The molecule has 1 fully saturated rings. The molecule has 2 rings (SSSR count). The number of halogens is 1. The first-order chi connectivity index (χ1) is 7.66. The van der Waals surface area contributed by atoms with Crippen LogP contribution >= 0.6 is 27.3 Å². The summed E-state index contributed by atoms with van der Waals surface area (Å²) in [4.78, 5) is 13.4. The van der Waals surface area contributed by atoms with Crippen molar-refractivity contribution in [3.05, 3.63) is 20.8 Å². The van der Waals surface area contributed by atoms with Crippen molar-refractivity contribution in [3.8, 4) is 0 Å². The third-order valence-electron chi connectivity index (χ3n) is 3.27. The summed E-state index contributed by atoms with van der Waals surface area (Å²) < 4.78 is 6.54. The van der Waals surface area contributed by atoms with Gasteiger partial charge in [0, 0.05) is 28.3 Å². The van der Waals surface area contributed by atoms with E-state index in [1.54, 1.807) is 18.4 Å². The van der Waals surface area contributed by atoms with Crippen LogP contribution in [0.2, 0.25) is 0 Å². The van der Waals surface area contributed by atoms with Gasteiger partial charge < -0.3 is 4.74 Å². The number of carbonyl (C=O) groups is 1. The van der Waals surface area contributed by atoms with Crippen molar-refractivity contribution in [1.29, 1.82) is 0 Å². The van der Waals surface area contributed by atoms with E-state index in [1.165, 1.54) is 0 Å². The molecule has 0 unspecified atom stereocenters. The fraction of sp³-hybridized carbons (Fsp3) is 0.583. The molecule has 1 saturated carbocycles. The number of thiophene rings is 1. The summed E-state index contributed by atoms with van der Waals surface area (Å²) in [6, 6.07) is 2.01. The highest BCUT2D eigenvalue weighted by molar-refractivity contribution is 9.10. The first-order valence-corrected chi connectivity index (χ1v) is 7.15. The predicted octanol–water partition coefficient (Wildman–Crippen LogP) is 3.58. The third-order valence-corrected chi connectivity index (χ3v) is 4.96. The molecule has 88 valence electrons. The Morgan fingerprint density at radius 1 is 1.56 bits per heavy atom. The third kappa shape index (κ3) is 2.39. The number of ether oxygens (including phenoxy) is 1. The largest absolute Gasteiger partial charge is 0.370 e. The van der Waals surface area contributed by atoms with Crippen LogP contribution in [0.25, 0.3) is 0 Å². The van der Waals surface area contributed by atoms with Gasteiger partial charge in [-0.15, -0.1) is 11.3 Å². The van der Waals surface area contributed by atoms with Crippen LogP contribution in [0.4, 0.5) is 0 Å². The van der Waals surface area contributed by atoms with Crippen LogP contribution in [0.3, 0.4) is 0 Å². The van der Waals surface area contributed by atoms with Gasteiger partial charge in [-0.2, -0.15) is 0 Å². The van der Waals surface area contributed by atoms with Crippen molar-refractivity contribution in [2.24, 2.45) is 0 Å². The lowest BCUT2D eigenvalue weighted by atomic mass is 9.93. The maximum absolute atomic E-state index is 12.2. The van der Waals surface area contributed by atoms with Gasteiger partial charge in [0.1, 0.15) is 5.60 Å². The number of hydrogen-bond donors (Lipinski definition) is 0. The standard InChI is InChI=1S/C12H15BrO2S/c1-15-12(4-2-3-5-12)11(14)7-10-6-9(13)8-16-10/h6,8H,2-5,7H2,1H3. The minimum absolute atomic E-state index is 0.238. The second kappa shape index (κ2) is 4.98. The van der Waals surface area contributed by atoms with Crippen molar-refractivity contribution < 1.29 is 9.53 Å². The van der Waals surface area contributed by atoms with E-state index < -0.39 is 5.60 Å². The minimum Gasteiger partial charge on any atom is -0.370 e. The van der Waals surface area contributed by atoms with Crippen LogP contribution in [0.5, 0.6) is 0 Å². The van der Waals surface area contributed by atoms with E-state index in [2.05, 4.69) is 15.9 Å². The van der Waals surface area contributed by atoms with Gasteiger partial charge in [0.2, 0.25) is 0 Å². The van der Waals surface area contributed by atoms with E-state index in [4.69, 9.17) is 4.74 Å². The molecule has 0 amide bonds. The molecule has 0 saturated heterocycles. The molecule has 1 aliphatic carbocycles. The summed E-state index contributed by atoms with van der Waals surface area (Å²) >= 11 is 5.03. The zero-order chi connectivity index (χ0) is 11.6. The van der Waals surface area contributed by atoms with Crippen LogP contribution in [0.15, 0.2) is 15.9 Å². The molecule has 1 aliphatic rings. The summed E-state index contributed by atoms with van der Waals surface area (Å²) in [5.74, 6) is 0.238. The predicted molar refractivity (Wildman–Crippen MR) is 68.9 cm³/mol. The van der Waals surface area contributed by atoms with Crippen LogP contribution in [0, 0.1) is 0 Å². The molecule has 0 spiro atoms. The average Bonchev–Trinajstić information content (AvgIpc) is 2.88. The zero-order valence-corrected chi connectivity index (χ0v) is 11.7. The summed E-state index contributed by atoms with van der Waals surface area (Å²) in [7, 11) is 1.66. The van der Waals surface area contributed by atoms with E-state index in [-0.39, 0.29) is 5.78 Å². The quantitative estimate of drug-likeness (QED) is 0.850. The summed E-state index contributed by atoms with van der Waals surface area (Å²) in [6.07, 6.45) is 4.48. The Morgan fingerprint density at radius 3 is 2.75 bits per heavy atom. The lowest BCUT2D eigenvalue weighted by Gasteiger charge is -2.25. The number of methoxy groups -OCH3 is 1. The fourth-order valence-electron chi connectivity index (χ4n) is 2.31. The van der Waals surface area contributed by atoms with Gasteiger partial charge >= 0.3 is 0 Å². The molecule has 2 nitrogen and oxygen atoms in total. The first-order valence-electron chi connectivity index (χ1n) is 5.48. The SMILES string of the molecule is COC1(C(=O)Cc2cc(Br)cs2)CCCC1. The first kappa shape index (κ1) is 12.3. The maximum atomic E-state index is 12.2. The second-order valence-corrected chi connectivity index (χ2v) is 6.15. The Bertz CT molecular complexity index is 380. The molecule has 0 N–H and O–H groups in total. The van der Waals surface area contributed by atoms with E-state index in [0.717, 1.165) is 35.0 Å². The highest BCUT2D eigenvalue weighted by Gasteiger charge is 2.40. The highest BCUT2D eigenvalue weighted by Crippen LogP contribution is 2.35. The Labute approximate surface area is 108 Å². The molecular weight excluding hydrogens is 288 g/mol. The van der Waals surface area contributed by atoms with Crippen molar-refractivity contribution >= 4 is 33.0 Å². The van der Waals surface area contributed by atoms with Gasteiger partial charge in [-0.1, -0.05) is 0 Å². The summed E-state index contributed by atoms with van der Waals surface area (Å²) in [5.41, 5.74) is -0.490. The van der Waals surface area contributed by atoms with Gasteiger partial charge in [-0.3, -0.25) is 4.79 Å². The van der Waals surface area contributed by atoms with Crippen LogP contribution in [-0.2, 0) is 16.0 Å². The molecule has 0 bridgehead atoms. The lowest BCUT2D eigenvalue weighted by Crippen LogP contribution is -2.38. The number of ketones is 1. The molecule has 0 radical (unpaired) electrons. The van der Waals surface area contributed by atoms with Gasteiger partial charge in [-0.25, -0.2) is 0 Å². The van der Waals surface area contributed by atoms with Gasteiger partial charge in [-0.05, 0) is 47.7 Å². The number of rotatable bonds is 4. The zero-order valence-electron chi connectivity index (χ0n) is 9.29. The van der Waals surface area contributed by atoms with E-state index in [9.17, 15) is 4.79 Å². The van der Waals surface area contributed by atoms with Crippen LogP contribution < -0.4 is 0 Å². The topological polar surface area (TPSA) is 26.3 Å². The highest BCUT2D eigenvalue weighted by atomic mass is 79.9. The Balaban J connectivity index is 2.07. The summed E-state index contributed by atoms with van der Waals surface area (Å²) in [5, 5.41) is 2.01. The van der Waals surface area contributed by atoms with Gasteiger partial charge in [0.15, 0.2) is 5.78 Å². The molecule has 0 aliphatic heterocycles. The van der Waals surface area contributed by atoms with E-state index in [0.29, 0.717) is 6.42 Å². The number of Topliss-reactive ketones (excluding diaryl/α,β-unsaturated/α-hetero) is 1. The van der Waals surface area contributed by atoms with Crippen molar-refractivity contribution in [3.63, 3.8) is 0 Å². The van der Waals surface area contributed by atoms with Gasteiger partial charge in [0.25, 0.3) is 0 Å². The molecule has 1 aromatic heterocycles. The van der Waals surface area contributed by atoms with Crippen LogP contribution in [0.1, 0.15) is 30.6 Å². The maximum Gasteiger partial charge on any atom is 0.169 e. The van der Waals surface area contributed by atoms with E-state index in [1.807, 2.05) is 11.4 Å². The van der Waals surface area contributed by atoms with Crippen LogP contribution in [-0.4, -0.2) is 18.5 Å². The Kier molecular flexibility index (Phi) is 3.82. The van der Waals surface area contributed by atoms with Crippen molar-refractivity contribution in [2.75, 3.05) is 7.11 Å². The molecular formula is C12H15BrO2S. The normalized spacial score (nSPS) is 18.9. The van der Waals surface area contributed by atoms with E-state index >= 15 is 0 Å². The molecule has 0 aromatic carbocycles. The fourth-order valence-corrected chi connectivity index (χ4v) is 3.76. The number of hydrogen-bond acceptors (Lipinski definition) is 3. The molecule has 1 heterocycles. The lowest BCUT2D eigenvalue weighted by molar-refractivity contribution is -0.139. The molecule has 4 heteroatoms. The molecule has 1 aromatic rings. The summed E-state index contributed by atoms with van der Waals surface area (Å²) in [6.45, 7) is 0. The smallest absolute Gasteiger partial charge is 0.169 e. The second-order valence-electron chi connectivity index (χ2n) is 4.24. The molecule has 0 atom stereocenters. The minimum atomic E-state index is -0.490. The average molecular weight is 303 g/mol. The molecule has 16 heavy (non-hydrogen) atoms. The van der Waals surface area contributed by atoms with Crippen molar-refractivity contribution in [2.45, 2.75) is 37.7 Å². The number of carbonyl (C=O) groups excluding carboxylic acids is 1. The Hall–Kier alpha value is -0.190.